The fourth-order valence-corrected chi connectivity index (χ4v) is 2.62. The maximum Gasteiger partial charge on any atom is 0.0593 e. The number of aliphatic hydroxyl groups excluding tert-OH is 1. The van der Waals surface area contributed by atoms with Gasteiger partial charge in [0.1, 0.15) is 0 Å². The highest BCUT2D eigenvalue weighted by Gasteiger charge is 2.22. The van der Waals surface area contributed by atoms with E-state index in [1.54, 1.807) is 0 Å². The van der Waals surface area contributed by atoms with Crippen molar-refractivity contribution < 1.29 is 9.84 Å². The molecule has 1 saturated heterocycles. The third-order valence-corrected chi connectivity index (χ3v) is 3.72. The predicted molar refractivity (Wildman–Crippen MR) is 75.8 cm³/mol. The van der Waals surface area contributed by atoms with Gasteiger partial charge in [-0.15, -0.1) is 0 Å². The molecular formula is C15H31NO2. The van der Waals surface area contributed by atoms with Gasteiger partial charge in [-0.1, -0.05) is 20.3 Å². The zero-order valence-corrected chi connectivity index (χ0v) is 12.4. The van der Waals surface area contributed by atoms with E-state index in [1.807, 2.05) is 6.92 Å². The molecule has 0 amide bonds. The van der Waals surface area contributed by atoms with Gasteiger partial charge < -0.3 is 9.84 Å². The van der Waals surface area contributed by atoms with Gasteiger partial charge in [0.25, 0.3) is 0 Å². The average Bonchev–Trinajstić information content (AvgIpc) is 2.29. The first-order valence-electron chi connectivity index (χ1n) is 7.59. The van der Waals surface area contributed by atoms with E-state index < -0.39 is 0 Å². The maximum absolute atomic E-state index is 9.54. The summed E-state index contributed by atoms with van der Waals surface area (Å²) in [5.74, 6) is 0.725. The molecule has 1 heterocycles. The normalized spacial score (nSPS) is 23.5. The van der Waals surface area contributed by atoms with E-state index in [2.05, 4.69) is 18.7 Å². The first-order chi connectivity index (χ1) is 8.59. The van der Waals surface area contributed by atoms with Crippen LogP contribution in [-0.4, -0.2) is 48.5 Å². The second kappa shape index (κ2) is 8.89. The molecule has 3 nitrogen and oxygen atoms in total. The summed E-state index contributed by atoms with van der Waals surface area (Å²) >= 11 is 0. The Hall–Kier alpha value is -0.120. The molecule has 1 rings (SSSR count). The quantitative estimate of drug-likeness (QED) is 0.679. The first kappa shape index (κ1) is 15.9. The first-order valence-corrected chi connectivity index (χ1v) is 7.59. The van der Waals surface area contributed by atoms with Crippen LogP contribution in [0.2, 0.25) is 0 Å². The highest BCUT2D eigenvalue weighted by atomic mass is 16.5. The lowest BCUT2D eigenvalue weighted by molar-refractivity contribution is 0.0477. The molecule has 0 spiro atoms. The second-order valence-electron chi connectivity index (χ2n) is 6.07. The van der Waals surface area contributed by atoms with Crippen LogP contribution in [0.25, 0.3) is 0 Å². The molecule has 0 bridgehead atoms. The van der Waals surface area contributed by atoms with E-state index >= 15 is 0 Å². The summed E-state index contributed by atoms with van der Waals surface area (Å²) in [6, 6.07) is 0.562. The molecule has 0 aromatic heterocycles. The minimum absolute atomic E-state index is 0.183. The Bertz CT molecular complexity index is 207. The van der Waals surface area contributed by atoms with Crippen molar-refractivity contribution >= 4 is 0 Å². The highest BCUT2D eigenvalue weighted by molar-refractivity contribution is 4.78. The summed E-state index contributed by atoms with van der Waals surface area (Å²) in [5.41, 5.74) is 0. The van der Waals surface area contributed by atoms with Crippen molar-refractivity contribution in [2.24, 2.45) is 5.92 Å². The molecule has 1 fully saturated rings. The standard InChI is InChI=1S/C15H31NO2/c1-13(2)7-10-18-11-9-16-8-5-4-6-15(16)12-14(3)17/h13-15,17H,4-12H2,1-3H3. The fourth-order valence-electron chi connectivity index (χ4n) is 2.62. The SMILES string of the molecule is CC(C)CCOCCN1CCCCC1CC(C)O. The number of rotatable bonds is 8. The van der Waals surface area contributed by atoms with Gasteiger partial charge >= 0.3 is 0 Å². The van der Waals surface area contributed by atoms with E-state index in [0.717, 1.165) is 38.5 Å². The van der Waals surface area contributed by atoms with Gasteiger partial charge in [0.15, 0.2) is 0 Å². The van der Waals surface area contributed by atoms with Gasteiger partial charge in [0, 0.05) is 19.2 Å². The molecule has 2 atom stereocenters. The van der Waals surface area contributed by atoms with Crippen molar-refractivity contribution in [1.29, 1.82) is 0 Å². The summed E-state index contributed by atoms with van der Waals surface area (Å²) in [6.07, 6.45) is 5.71. The topological polar surface area (TPSA) is 32.7 Å². The number of likely N-dealkylation sites (tertiary alicyclic amines) is 1. The van der Waals surface area contributed by atoms with Crippen molar-refractivity contribution in [3.05, 3.63) is 0 Å². The average molecular weight is 257 g/mol. The summed E-state index contributed by atoms with van der Waals surface area (Å²) in [4.78, 5) is 2.51. The maximum atomic E-state index is 9.54. The highest BCUT2D eigenvalue weighted by Crippen LogP contribution is 2.20. The smallest absolute Gasteiger partial charge is 0.0593 e. The Morgan fingerprint density at radius 1 is 1.22 bits per heavy atom. The molecule has 0 aromatic carbocycles. The minimum atomic E-state index is -0.183. The monoisotopic (exact) mass is 257 g/mol. The lowest BCUT2D eigenvalue weighted by atomic mass is 9.97. The number of hydrogen-bond donors (Lipinski definition) is 1. The zero-order valence-electron chi connectivity index (χ0n) is 12.4. The summed E-state index contributed by atoms with van der Waals surface area (Å²) in [7, 11) is 0. The van der Waals surface area contributed by atoms with Gasteiger partial charge in [-0.05, 0) is 45.1 Å². The molecule has 1 aliphatic heterocycles. The lowest BCUT2D eigenvalue weighted by Gasteiger charge is -2.36. The molecule has 0 aromatic rings. The fraction of sp³-hybridized carbons (Fsp3) is 1.00. The largest absolute Gasteiger partial charge is 0.393 e. The Labute approximate surface area is 113 Å². The Balaban J connectivity index is 2.17. The van der Waals surface area contributed by atoms with E-state index in [1.165, 1.54) is 25.8 Å². The predicted octanol–water partition coefficient (Wildman–Crippen LogP) is 2.67. The molecule has 2 unspecified atom stereocenters. The Morgan fingerprint density at radius 3 is 2.67 bits per heavy atom. The molecule has 18 heavy (non-hydrogen) atoms. The third-order valence-electron chi connectivity index (χ3n) is 3.72. The molecule has 3 heteroatoms. The van der Waals surface area contributed by atoms with Crippen molar-refractivity contribution in [3.8, 4) is 0 Å². The van der Waals surface area contributed by atoms with Gasteiger partial charge in [-0.2, -0.15) is 0 Å². The summed E-state index contributed by atoms with van der Waals surface area (Å²) < 4.78 is 5.70. The van der Waals surface area contributed by atoms with Gasteiger partial charge in [0.2, 0.25) is 0 Å². The van der Waals surface area contributed by atoms with Crippen molar-refractivity contribution in [2.75, 3.05) is 26.3 Å². The minimum Gasteiger partial charge on any atom is -0.393 e. The lowest BCUT2D eigenvalue weighted by Crippen LogP contribution is -2.42. The van der Waals surface area contributed by atoms with Crippen molar-refractivity contribution in [3.63, 3.8) is 0 Å². The van der Waals surface area contributed by atoms with Gasteiger partial charge in [-0.3, -0.25) is 4.90 Å². The molecule has 1 N–H and O–H groups in total. The van der Waals surface area contributed by atoms with E-state index in [0.29, 0.717) is 6.04 Å². The van der Waals surface area contributed by atoms with Crippen molar-refractivity contribution in [2.45, 2.75) is 65.0 Å². The Kier molecular flexibility index (Phi) is 7.87. The molecule has 0 radical (unpaired) electrons. The third kappa shape index (κ3) is 6.72. The van der Waals surface area contributed by atoms with Crippen LogP contribution < -0.4 is 0 Å². The van der Waals surface area contributed by atoms with Crippen LogP contribution in [0.3, 0.4) is 0 Å². The van der Waals surface area contributed by atoms with Crippen LogP contribution in [0.1, 0.15) is 52.9 Å². The summed E-state index contributed by atoms with van der Waals surface area (Å²) in [6.45, 7) is 10.3. The van der Waals surface area contributed by atoms with Crippen LogP contribution in [0.15, 0.2) is 0 Å². The van der Waals surface area contributed by atoms with Crippen LogP contribution >= 0.6 is 0 Å². The number of piperidine rings is 1. The van der Waals surface area contributed by atoms with E-state index in [-0.39, 0.29) is 6.10 Å². The van der Waals surface area contributed by atoms with E-state index in [9.17, 15) is 5.11 Å². The van der Waals surface area contributed by atoms with Crippen LogP contribution in [0.4, 0.5) is 0 Å². The summed E-state index contributed by atoms with van der Waals surface area (Å²) in [5, 5.41) is 9.54. The second-order valence-corrected chi connectivity index (χ2v) is 6.07. The number of aliphatic hydroxyl groups is 1. The van der Waals surface area contributed by atoms with E-state index in [4.69, 9.17) is 4.74 Å². The molecule has 1 aliphatic rings. The Morgan fingerprint density at radius 2 is 2.00 bits per heavy atom. The molecule has 108 valence electrons. The number of hydrogen-bond acceptors (Lipinski definition) is 3. The number of nitrogens with zero attached hydrogens (tertiary/aromatic N) is 1. The molecular weight excluding hydrogens is 226 g/mol. The number of ether oxygens (including phenoxy) is 1. The molecule has 0 aliphatic carbocycles. The zero-order chi connectivity index (χ0) is 13.4. The van der Waals surface area contributed by atoms with Crippen LogP contribution in [0.5, 0.6) is 0 Å². The van der Waals surface area contributed by atoms with Crippen LogP contribution in [-0.2, 0) is 4.74 Å². The van der Waals surface area contributed by atoms with Gasteiger partial charge in [0.05, 0.1) is 12.7 Å². The van der Waals surface area contributed by atoms with Crippen molar-refractivity contribution in [1.82, 2.24) is 4.90 Å². The molecule has 0 saturated carbocycles. The van der Waals surface area contributed by atoms with Gasteiger partial charge in [-0.25, -0.2) is 0 Å². The van der Waals surface area contributed by atoms with Crippen LogP contribution in [0, 0.1) is 5.92 Å².